The fourth-order valence-corrected chi connectivity index (χ4v) is 2.82. The number of amides is 1. The molecule has 0 aliphatic carbocycles. The summed E-state index contributed by atoms with van der Waals surface area (Å²) in [6.07, 6.45) is 0. The van der Waals surface area contributed by atoms with E-state index in [9.17, 15) is 4.79 Å². The monoisotopic (exact) mass is 302 g/mol. The first-order valence-electron chi connectivity index (χ1n) is 4.98. The standard InChI is InChI=1S/C11H15BrN2OS/c1-7(11(15)14-13)8(2)16-10-6-4-3-5-9(10)12/h3-8H,13H2,1-2H3,(H,14,15). The molecule has 1 amide bonds. The van der Waals surface area contributed by atoms with Crippen molar-refractivity contribution in [3.63, 3.8) is 0 Å². The molecule has 16 heavy (non-hydrogen) atoms. The Bertz CT molecular complexity index is 373. The van der Waals surface area contributed by atoms with Crippen molar-refractivity contribution >= 4 is 33.6 Å². The van der Waals surface area contributed by atoms with Crippen molar-refractivity contribution in [1.82, 2.24) is 5.43 Å². The van der Waals surface area contributed by atoms with Crippen LogP contribution in [-0.2, 0) is 4.79 Å². The van der Waals surface area contributed by atoms with Crippen molar-refractivity contribution in [1.29, 1.82) is 0 Å². The van der Waals surface area contributed by atoms with Gasteiger partial charge in [-0.05, 0) is 28.1 Å². The van der Waals surface area contributed by atoms with Crippen LogP contribution in [0.1, 0.15) is 13.8 Å². The van der Waals surface area contributed by atoms with Crippen molar-refractivity contribution in [3.8, 4) is 0 Å². The van der Waals surface area contributed by atoms with E-state index in [2.05, 4.69) is 21.4 Å². The van der Waals surface area contributed by atoms with E-state index in [1.54, 1.807) is 11.8 Å². The highest BCUT2D eigenvalue weighted by atomic mass is 79.9. The SMILES string of the molecule is CC(Sc1ccccc1Br)C(C)C(=O)NN. The highest BCUT2D eigenvalue weighted by Crippen LogP contribution is 2.33. The number of thioether (sulfide) groups is 1. The smallest absolute Gasteiger partial charge is 0.237 e. The van der Waals surface area contributed by atoms with Crippen LogP contribution in [0.4, 0.5) is 0 Å². The predicted molar refractivity (Wildman–Crippen MR) is 71.0 cm³/mol. The van der Waals surface area contributed by atoms with Crippen molar-refractivity contribution < 1.29 is 4.79 Å². The minimum atomic E-state index is -0.132. The number of hydrogen-bond donors (Lipinski definition) is 2. The molecule has 1 aromatic rings. The predicted octanol–water partition coefficient (Wildman–Crippen LogP) is 2.56. The molecule has 2 atom stereocenters. The lowest BCUT2D eigenvalue weighted by molar-refractivity contribution is -0.124. The summed E-state index contributed by atoms with van der Waals surface area (Å²) < 4.78 is 1.05. The zero-order chi connectivity index (χ0) is 12.1. The summed E-state index contributed by atoms with van der Waals surface area (Å²) in [5.41, 5.74) is 2.18. The third-order valence-electron chi connectivity index (χ3n) is 2.41. The summed E-state index contributed by atoms with van der Waals surface area (Å²) in [5, 5.41) is 0.169. The average molecular weight is 303 g/mol. The molecular formula is C11H15BrN2OS. The van der Waals surface area contributed by atoms with Crippen molar-refractivity contribution in [2.45, 2.75) is 24.0 Å². The van der Waals surface area contributed by atoms with Gasteiger partial charge in [0.15, 0.2) is 0 Å². The van der Waals surface area contributed by atoms with Gasteiger partial charge in [-0.2, -0.15) is 0 Å². The number of hydrazine groups is 1. The maximum atomic E-state index is 11.4. The highest BCUT2D eigenvalue weighted by Gasteiger charge is 2.20. The van der Waals surface area contributed by atoms with E-state index in [1.807, 2.05) is 38.1 Å². The van der Waals surface area contributed by atoms with E-state index in [4.69, 9.17) is 5.84 Å². The molecule has 0 saturated carbocycles. The molecule has 1 rings (SSSR count). The lowest BCUT2D eigenvalue weighted by Gasteiger charge is -2.18. The van der Waals surface area contributed by atoms with Crippen LogP contribution >= 0.6 is 27.7 Å². The summed E-state index contributed by atoms with van der Waals surface area (Å²) in [6, 6.07) is 7.96. The number of hydrogen-bond acceptors (Lipinski definition) is 3. The molecule has 0 radical (unpaired) electrons. The van der Waals surface area contributed by atoms with Gasteiger partial charge in [0.05, 0.1) is 0 Å². The fourth-order valence-electron chi connectivity index (χ4n) is 1.19. The maximum absolute atomic E-state index is 11.4. The number of halogens is 1. The van der Waals surface area contributed by atoms with E-state index in [-0.39, 0.29) is 17.1 Å². The summed E-state index contributed by atoms with van der Waals surface area (Å²) in [6.45, 7) is 3.89. The second-order valence-corrected chi connectivity index (χ2v) is 5.82. The minimum Gasteiger partial charge on any atom is -0.294 e. The topological polar surface area (TPSA) is 55.1 Å². The normalized spacial score (nSPS) is 14.2. The Kier molecular flexibility index (Phi) is 5.31. The Morgan fingerprint density at radius 3 is 2.62 bits per heavy atom. The molecule has 0 aliphatic heterocycles. The molecule has 0 aliphatic rings. The fraction of sp³-hybridized carbons (Fsp3) is 0.364. The van der Waals surface area contributed by atoms with Crippen LogP contribution in [-0.4, -0.2) is 11.2 Å². The Labute approximate surface area is 108 Å². The van der Waals surface area contributed by atoms with Gasteiger partial charge in [-0.25, -0.2) is 5.84 Å². The first kappa shape index (κ1) is 13.5. The molecule has 5 heteroatoms. The van der Waals surface area contributed by atoms with Crippen molar-refractivity contribution in [2.75, 3.05) is 0 Å². The van der Waals surface area contributed by atoms with Crippen LogP contribution in [0.3, 0.4) is 0 Å². The second kappa shape index (κ2) is 6.27. The third-order valence-corrected chi connectivity index (χ3v) is 4.75. The first-order valence-corrected chi connectivity index (χ1v) is 6.65. The largest absolute Gasteiger partial charge is 0.294 e. The summed E-state index contributed by atoms with van der Waals surface area (Å²) in [4.78, 5) is 12.5. The lowest BCUT2D eigenvalue weighted by Crippen LogP contribution is -2.38. The number of nitrogens with two attached hydrogens (primary N) is 1. The molecule has 3 N–H and O–H groups in total. The number of carbonyl (C=O) groups is 1. The zero-order valence-corrected chi connectivity index (χ0v) is 11.6. The molecular weight excluding hydrogens is 288 g/mol. The number of nitrogens with one attached hydrogen (secondary N) is 1. The zero-order valence-electron chi connectivity index (χ0n) is 9.24. The molecule has 0 bridgehead atoms. The van der Waals surface area contributed by atoms with E-state index >= 15 is 0 Å². The van der Waals surface area contributed by atoms with Crippen LogP contribution in [0.25, 0.3) is 0 Å². The first-order chi connectivity index (χ1) is 7.56. The van der Waals surface area contributed by atoms with E-state index in [1.165, 1.54) is 0 Å². The van der Waals surface area contributed by atoms with Gasteiger partial charge in [0.25, 0.3) is 0 Å². The number of carbonyl (C=O) groups excluding carboxylic acids is 1. The average Bonchev–Trinajstić information content (AvgIpc) is 2.30. The van der Waals surface area contributed by atoms with Crippen LogP contribution in [0.2, 0.25) is 0 Å². The maximum Gasteiger partial charge on any atom is 0.237 e. The molecule has 0 saturated heterocycles. The lowest BCUT2D eigenvalue weighted by atomic mass is 10.1. The van der Waals surface area contributed by atoms with Crippen LogP contribution in [0.5, 0.6) is 0 Å². The van der Waals surface area contributed by atoms with Gasteiger partial charge in [0, 0.05) is 20.5 Å². The van der Waals surface area contributed by atoms with Gasteiger partial charge in [-0.15, -0.1) is 11.8 Å². The molecule has 0 heterocycles. The second-order valence-electron chi connectivity index (χ2n) is 3.55. The molecule has 0 fully saturated rings. The number of rotatable bonds is 4. The molecule has 1 aromatic carbocycles. The Morgan fingerprint density at radius 2 is 2.06 bits per heavy atom. The molecule has 2 unspecified atom stereocenters. The molecule has 88 valence electrons. The van der Waals surface area contributed by atoms with Crippen molar-refractivity contribution in [3.05, 3.63) is 28.7 Å². The van der Waals surface area contributed by atoms with Crippen LogP contribution in [0, 0.1) is 5.92 Å². The van der Waals surface area contributed by atoms with Crippen LogP contribution in [0.15, 0.2) is 33.6 Å². The molecule has 0 aromatic heterocycles. The quantitative estimate of drug-likeness (QED) is 0.389. The summed E-state index contributed by atoms with van der Waals surface area (Å²) in [7, 11) is 0. The molecule has 0 spiro atoms. The highest BCUT2D eigenvalue weighted by molar-refractivity contribution is 9.10. The van der Waals surface area contributed by atoms with Gasteiger partial charge in [0.2, 0.25) is 5.91 Å². The number of benzene rings is 1. The minimum absolute atomic E-state index is 0.123. The van der Waals surface area contributed by atoms with Gasteiger partial charge >= 0.3 is 0 Å². The van der Waals surface area contributed by atoms with Gasteiger partial charge in [0.1, 0.15) is 0 Å². The Hall–Kier alpha value is -0.520. The Balaban J connectivity index is 2.68. The van der Waals surface area contributed by atoms with E-state index < -0.39 is 0 Å². The van der Waals surface area contributed by atoms with Crippen molar-refractivity contribution in [2.24, 2.45) is 11.8 Å². The third kappa shape index (κ3) is 3.50. The van der Waals surface area contributed by atoms with E-state index in [0.717, 1.165) is 9.37 Å². The summed E-state index contributed by atoms with van der Waals surface area (Å²) in [5.74, 6) is 4.86. The summed E-state index contributed by atoms with van der Waals surface area (Å²) >= 11 is 5.14. The van der Waals surface area contributed by atoms with E-state index in [0.29, 0.717) is 0 Å². The van der Waals surface area contributed by atoms with Crippen LogP contribution < -0.4 is 11.3 Å². The van der Waals surface area contributed by atoms with Gasteiger partial charge < -0.3 is 0 Å². The van der Waals surface area contributed by atoms with Gasteiger partial charge in [-0.1, -0.05) is 26.0 Å². The van der Waals surface area contributed by atoms with Gasteiger partial charge in [-0.3, -0.25) is 10.2 Å². The Morgan fingerprint density at radius 1 is 1.44 bits per heavy atom. The molecule has 3 nitrogen and oxygen atoms in total.